The summed E-state index contributed by atoms with van der Waals surface area (Å²) in [6.45, 7) is 6.37. The van der Waals surface area contributed by atoms with Crippen molar-refractivity contribution in [3.63, 3.8) is 0 Å². The lowest BCUT2D eigenvalue weighted by Crippen LogP contribution is -2.20. The summed E-state index contributed by atoms with van der Waals surface area (Å²) in [6, 6.07) is 3.74. The lowest BCUT2D eigenvalue weighted by Gasteiger charge is -2.18. The summed E-state index contributed by atoms with van der Waals surface area (Å²) in [5, 5.41) is 12.7. The monoisotopic (exact) mass is 290 g/mol. The smallest absolute Gasteiger partial charge is 0.335 e. The summed E-state index contributed by atoms with van der Waals surface area (Å²) in [5.74, 6) is 0.829. The fourth-order valence-corrected chi connectivity index (χ4v) is 2.89. The molecule has 1 aliphatic rings. The van der Waals surface area contributed by atoms with Crippen LogP contribution >= 0.6 is 0 Å². The van der Waals surface area contributed by atoms with Gasteiger partial charge in [-0.1, -0.05) is 33.6 Å². The molecule has 116 valence electrons. The Kier molecular flexibility index (Phi) is 5.21. The van der Waals surface area contributed by atoms with Gasteiger partial charge in [0.2, 0.25) is 0 Å². The molecule has 1 heterocycles. The van der Waals surface area contributed by atoms with E-state index in [1.807, 2.05) is 13.8 Å². The van der Waals surface area contributed by atoms with Crippen LogP contribution < -0.4 is 5.32 Å². The number of hydrogen-bond acceptors (Lipinski definition) is 3. The van der Waals surface area contributed by atoms with Crippen molar-refractivity contribution >= 4 is 11.8 Å². The van der Waals surface area contributed by atoms with E-state index in [0.29, 0.717) is 17.4 Å². The maximum Gasteiger partial charge on any atom is 0.335 e. The van der Waals surface area contributed by atoms with Crippen LogP contribution in [0.2, 0.25) is 0 Å². The van der Waals surface area contributed by atoms with Crippen LogP contribution in [0.5, 0.6) is 0 Å². The molecular weight excluding hydrogens is 264 g/mol. The quantitative estimate of drug-likeness (QED) is 0.812. The fourth-order valence-electron chi connectivity index (χ4n) is 2.89. The molecule has 0 amide bonds. The van der Waals surface area contributed by atoms with E-state index in [9.17, 15) is 9.90 Å². The molecule has 2 unspecified atom stereocenters. The van der Waals surface area contributed by atoms with Gasteiger partial charge in [0.1, 0.15) is 5.82 Å². The summed E-state index contributed by atoms with van der Waals surface area (Å²) in [6.07, 6.45) is 6.03. The number of hydrogen-bond donors (Lipinski definition) is 2. The van der Waals surface area contributed by atoms with Gasteiger partial charge in [0, 0.05) is 11.7 Å². The SMILES string of the molecule is CC1CCCC(Nc2cc(C(=O)O)cc(C(C)C)n2)CC1. The van der Waals surface area contributed by atoms with Gasteiger partial charge in [-0.25, -0.2) is 9.78 Å². The highest BCUT2D eigenvalue weighted by Crippen LogP contribution is 2.25. The molecule has 4 heteroatoms. The summed E-state index contributed by atoms with van der Waals surface area (Å²) >= 11 is 0. The van der Waals surface area contributed by atoms with E-state index in [1.54, 1.807) is 12.1 Å². The summed E-state index contributed by atoms with van der Waals surface area (Å²) < 4.78 is 0. The maximum absolute atomic E-state index is 11.3. The Balaban J connectivity index is 2.16. The number of aromatic nitrogens is 1. The minimum Gasteiger partial charge on any atom is -0.478 e. The third-order valence-corrected chi connectivity index (χ3v) is 4.29. The van der Waals surface area contributed by atoms with Crippen LogP contribution in [0.1, 0.15) is 74.8 Å². The number of carboxylic acid groups (broad SMARTS) is 1. The predicted molar refractivity (Wildman–Crippen MR) is 84.9 cm³/mol. The largest absolute Gasteiger partial charge is 0.478 e. The Hall–Kier alpha value is -1.58. The van der Waals surface area contributed by atoms with Crippen molar-refractivity contribution in [2.24, 2.45) is 5.92 Å². The maximum atomic E-state index is 11.3. The number of carbonyl (C=O) groups is 1. The molecule has 0 aliphatic heterocycles. The molecule has 0 bridgehead atoms. The lowest BCUT2D eigenvalue weighted by atomic mass is 10.0. The molecular formula is C17H26N2O2. The van der Waals surface area contributed by atoms with Crippen LogP contribution in [0.3, 0.4) is 0 Å². The van der Waals surface area contributed by atoms with Crippen molar-refractivity contribution in [1.29, 1.82) is 0 Å². The number of rotatable bonds is 4. The highest BCUT2D eigenvalue weighted by Gasteiger charge is 2.18. The third kappa shape index (κ3) is 4.45. The minimum absolute atomic E-state index is 0.221. The van der Waals surface area contributed by atoms with Crippen LogP contribution in [-0.4, -0.2) is 22.1 Å². The molecule has 2 atom stereocenters. The van der Waals surface area contributed by atoms with Crippen molar-refractivity contribution < 1.29 is 9.90 Å². The van der Waals surface area contributed by atoms with Crippen LogP contribution in [0.25, 0.3) is 0 Å². The first-order valence-corrected chi connectivity index (χ1v) is 7.97. The van der Waals surface area contributed by atoms with Gasteiger partial charge < -0.3 is 10.4 Å². The predicted octanol–water partition coefficient (Wildman–Crippen LogP) is 4.28. The van der Waals surface area contributed by atoms with Gasteiger partial charge in [-0.05, 0) is 43.2 Å². The van der Waals surface area contributed by atoms with E-state index in [0.717, 1.165) is 24.5 Å². The van der Waals surface area contributed by atoms with E-state index >= 15 is 0 Å². The summed E-state index contributed by atoms with van der Waals surface area (Å²) in [5.41, 5.74) is 1.15. The second-order valence-corrected chi connectivity index (χ2v) is 6.58. The van der Waals surface area contributed by atoms with Crippen LogP contribution in [0, 0.1) is 5.92 Å². The number of nitrogens with zero attached hydrogens (tertiary/aromatic N) is 1. The first-order chi connectivity index (χ1) is 9.95. The van der Waals surface area contributed by atoms with Gasteiger partial charge in [-0.3, -0.25) is 0 Å². The third-order valence-electron chi connectivity index (χ3n) is 4.29. The van der Waals surface area contributed by atoms with E-state index < -0.39 is 5.97 Å². The summed E-state index contributed by atoms with van der Waals surface area (Å²) in [4.78, 5) is 15.8. The van der Waals surface area contributed by atoms with Crippen molar-refractivity contribution in [1.82, 2.24) is 4.98 Å². The molecule has 1 fully saturated rings. The molecule has 1 aliphatic carbocycles. The highest BCUT2D eigenvalue weighted by atomic mass is 16.4. The Bertz CT molecular complexity index is 500. The van der Waals surface area contributed by atoms with E-state index in [-0.39, 0.29) is 5.92 Å². The van der Waals surface area contributed by atoms with Crippen LogP contribution in [0.4, 0.5) is 5.82 Å². The second-order valence-electron chi connectivity index (χ2n) is 6.58. The second kappa shape index (κ2) is 6.92. The number of nitrogens with one attached hydrogen (secondary N) is 1. The van der Waals surface area contributed by atoms with Gasteiger partial charge in [0.05, 0.1) is 5.56 Å². The molecule has 0 saturated heterocycles. The summed E-state index contributed by atoms with van der Waals surface area (Å²) in [7, 11) is 0. The number of carboxylic acids is 1. The molecule has 1 aromatic heterocycles. The van der Waals surface area contributed by atoms with E-state index in [2.05, 4.69) is 17.2 Å². The standard InChI is InChI=1S/C17H26N2O2/c1-11(2)15-9-13(17(20)21)10-16(19-15)18-14-6-4-5-12(3)7-8-14/h9-12,14H,4-8H2,1-3H3,(H,18,19)(H,20,21). The Morgan fingerprint density at radius 1 is 1.29 bits per heavy atom. The zero-order valence-corrected chi connectivity index (χ0v) is 13.2. The fraction of sp³-hybridized carbons (Fsp3) is 0.647. The van der Waals surface area contributed by atoms with Crippen molar-refractivity contribution in [2.75, 3.05) is 5.32 Å². The first kappa shape index (κ1) is 15.8. The van der Waals surface area contributed by atoms with Gasteiger partial charge in [0.15, 0.2) is 0 Å². The molecule has 4 nitrogen and oxygen atoms in total. The van der Waals surface area contributed by atoms with Crippen LogP contribution in [0.15, 0.2) is 12.1 Å². The first-order valence-electron chi connectivity index (χ1n) is 7.97. The van der Waals surface area contributed by atoms with Gasteiger partial charge >= 0.3 is 5.97 Å². The Morgan fingerprint density at radius 2 is 2.05 bits per heavy atom. The van der Waals surface area contributed by atoms with Crippen molar-refractivity contribution in [2.45, 2.75) is 64.8 Å². The average molecular weight is 290 g/mol. The van der Waals surface area contributed by atoms with Crippen LogP contribution in [-0.2, 0) is 0 Å². The van der Waals surface area contributed by atoms with Crippen molar-refractivity contribution in [3.8, 4) is 0 Å². The van der Waals surface area contributed by atoms with E-state index in [4.69, 9.17) is 0 Å². The molecule has 1 aromatic rings. The Morgan fingerprint density at radius 3 is 2.71 bits per heavy atom. The van der Waals surface area contributed by atoms with Gasteiger partial charge in [0.25, 0.3) is 0 Å². The molecule has 0 aromatic carbocycles. The number of anilines is 1. The van der Waals surface area contributed by atoms with Gasteiger partial charge in [-0.15, -0.1) is 0 Å². The normalized spacial score (nSPS) is 22.9. The molecule has 0 radical (unpaired) electrons. The van der Waals surface area contributed by atoms with E-state index in [1.165, 1.54) is 19.3 Å². The molecule has 2 N–H and O–H groups in total. The van der Waals surface area contributed by atoms with Gasteiger partial charge in [-0.2, -0.15) is 0 Å². The average Bonchev–Trinajstić information content (AvgIpc) is 2.63. The molecule has 0 spiro atoms. The number of aromatic carboxylic acids is 1. The number of pyridine rings is 1. The lowest BCUT2D eigenvalue weighted by molar-refractivity contribution is 0.0696. The highest BCUT2D eigenvalue weighted by molar-refractivity contribution is 5.88. The molecule has 21 heavy (non-hydrogen) atoms. The molecule has 1 saturated carbocycles. The zero-order chi connectivity index (χ0) is 15.4. The zero-order valence-electron chi connectivity index (χ0n) is 13.2. The molecule has 2 rings (SSSR count). The van der Waals surface area contributed by atoms with Crippen molar-refractivity contribution in [3.05, 3.63) is 23.4 Å². The topological polar surface area (TPSA) is 62.2 Å². The Labute approximate surface area is 127 Å². The minimum atomic E-state index is -0.892.